The fraction of sp³-hybridized carbons (Fsp3) is 0.667. The van der Waals surface area contributed by atoms with Crippen molar-refractivity contribution < 1.29 is 14.6 Å². The van der Waals surface area contributed by atoms with Crippen molar-refractivity contribution in [2.45, 2.75) is 38.8 Å². The Bertz CT molecular complexity index is 599. The number of carboxylic acid groups (broad SMARTS) is 1. The minimum atomic E-state index is -0.858. The molecule has 1 aromatic rings. The topological polar surface area (TPSA) is 77.9 Å². The van der Waals surface area contributed by atoms with E-state index in [0.29, 0.717) is 37.9 Å². The summed E-state index contributed by atoms with van der Waals surface area (Å²) < 4.78 is 5.32. The monoisotopic (exact) mass is 382 g/mol. The van der Waals surface area contributed by atoms with Crippen LogP contribution in [0.25, 0.3) is 0 Å². The highest BCUT2D eigenvalue weighted by atomic mass is 32.1. The van der Waals surface area contributed by atoms with E-state index in [4.69, 9.17) is 4.74 Å². The maximum atomic E-state index is 11.6. The number of rotatable bonds is 10. The second kappa shape index (κ2) is 9.89. The molecule has 0 amide bonds. The zero-order chi connectivity index (χ0) is 19.1. The third kappa shape index (κ3) is 6.26. The molecule has 0 unspecified atom stereocenters. The van der Waals surface area contributed by atoms with E-state index >= 15 is 0 Å². The van der Waals surface area contributed by atoms with Crippen LogP contribution in [0, 0.1) is 0 Å². The van der Waals surface area contributed by atoms with E-state index in [-0.39, 0.29) is 0 Å². The van der Waals surface area contributed by atoms with E-state index in [2.05, 4.69) is 35.6 Å². The fourth-order valence-electron chi connectivity index (χ4n) is 2.70. The Morgan fingerprint density at radius 3 is 2.77 bits per heavy atom. The largest absolute Gasteiger partial charge is 0.480 e. The number of ether oxygens (including phenoxy) is 1. The highest BCUT2D eigenvalue weighted by molar-refractivity contribution is 7.09. The van der Waals surface area contributed by atoms with Crippen LogP contribution in [0.1, 0.15) is 36.9 Å². The van der Waals surface area contributed by atoms with E-state index < -0.39 is 12.0 Å². The molecule has 0 aromatic carbocycles. The van der Waals surface area contributed by atoms with Gasteiger partial charge in [-0.1, -0.05) is 20.4 Å². The van der Waals surface area contributed by atoms with E-state index in [0.717, 1.165) is 30.3 Å². The van der Waals surface area contributed by atoms with Crippen molar-refractivity contribution in [3.8, 4) is 0 Å². The number of morpholine rings is 1. The van der Waals surface area contributed by atoms with Gasteiger partial charge in [0.2, 0.25) is 0 Å². The van der Waals surface area contributed by atoms with E-state index in [1.165, 1.54) is 0 Å². The van der Waals surface area contributed by atoms with Crippen LogP contribution in [0.4, 0.5) is 0 Å². The SMILES string of the molecule is C=C(N[C@@H](CCN1CCOCC1)C(=O)O)N(C)Cc1csc(C(C)C)n1. The first-order valence-corrected chi connectivity index (χ1v) is 9.88. The van der Waals surface area contributed by atoms with Crippen molar-refractivity contribution >= 4 is 17.3 Å². The summed E-state index contributed by atoms with van der Waals surface area (Å²) in [6.45, 7) is 12.7. The van der Waals surface area contributed by atoms with Gasteiger partial charge in [-0.2, -0.15) is 0 Å². The molecule has 8 heteroatoms. The number of thiazole rings is 1. The van der Waals surface area contributed by atoms with Crippen molar-refractivity contribution in [3.63, 3.8) is 0 Å². The summed E-state index contributed by atoms with van der Waals surface area (Å²) in [5, 5.41) is 15.7. The van der Waals surface area contributed by atoms with Crippen LogP contribution in [-0.2, 0) is 16.1 Å². The quantitative estimate of drug-likeness (QED) is 0.640. The predicted octanol–water partition coefficient (Wildman–Crippen LogP) is 1.93. The highest BCUT2D eigenvalue weighted by Crippen LogP contribution is 2.20. The summed E-state index contributed by atoms with van der Waals surface area (Å²) in [4.78, 5) is 20.3. The lowest BCUT2D eigenvalue weighted by Crippen LogP contribution is -2.44. The third-order valence-corrected chi connectivity index (χ3v) is 5.59. The molecule has 1 atom stereocenters. The van der Waals surface area contributed by atoms with Gasteiger partial charge in [0.1, 0.15) is 6.04 Å². The molecule has 7 nitrogen and oxygen atoms in total. The van der Waals surface area contributed by atoms with Gasteiger partial charge in [-0.25, -0.2) is 9.78 Å². The zero-order valence-electron chi connectivity index (χ0n) is 15.9. The van der Waals surface area contributed by atoms with Crippen molar-refractivity contribution in [2.75, 3.05) is 39.9 Å². The van der Waals surface area contributed by atoms with Crippen molar-refractivity contribution in [3.05, 3.63) is 28.5 Å². The minimum Gasteiger partial charge on any atom is -0.480 e. The molecule has 1 fully saturated rings. The molecule has 0 saturated carbocycles. The molecule has 0 radical (unpaired) electrons. The minimum absolute atomic E-state index is 0.414. The number of aromatic nitrogens is 1. The maximum Gasteiger partial charge on any atom is 0.326 e. The number of carbonyl (C=O) groups is 1. The van der Waals surface area contributed by atoms with Gasteiger partial charge in [-0.3, -0.25) is 4.90 Å². The van der Waals surface area contributed by atoms with Crippen molar-refractivity contribution in [2.24, 2.45) is 0 Å². The van der Waals surface area contributed by atoms with Crippen LogP contribution in [0.15, 0.2) is 17.8 Å². The molecule has 2 rings (SSSR count). The average molecular weight is 383 g/mol. The van der Waals surface area contributed by atoms with Gasteiger partial charge >= 0.3 is 5.97 Å². The summed E-state index contributed by atoms with van der Waals surface area (Å²) in [5.41, 5.74) is 0.976. The van der Waals surface area contributed by atoms with Gasteiger partial charge < -0.3 is 20.1 Å². The van der Waals surface area contributed by atoms with Crippen molar-refractivity contribution in [1.82, 2.24) is 20.1 Å². The fourth-order valence-corrected chi connectivity index (χ4v) is 3.53. The highest BCUT2D eigenvalue weighted by Gasteiger charge is 2.21. The summed E-state index contributed by atoms with van der Waals surface area (Å²) >= 11 is 1.66. The Labute approximate surface area is 159 Å². The Morgan fingerprint density at radius 1 is 1.50 bits per heavy atom. The zero-order valence-corrected chi connectivity index (χ0v) is 16.7. The van der Waals surface area contributed by atoms with Gasteiger partial charge in [-0.05, 0) is 6.42 Å². The summed E-state index contributed by atoms with van der Waals surface area (Å²) in [6, 6.07) is -0.658. The number of nitrogens with one attached hydrogen (secondary N) is 1. The third-order valence-electron chi connectivity index (χ3n) is 4.40. The lowest BCUT2D eigenvalue weighted by atomic mass is 10.2. The predicted molar refractivity (Wildman–Crippen MR) is 103 cm³/mol. The van der Waals surface area contributed by atoms with Crippen LogP contribution in [0.3, 0.4) is 0 Å². The lowest BCUT2D eigenvalue weighted by Gasteiger charge is -2.29. The Morgan fingerprint density at radius 2 is 2.19 bits per heavy atom. The average Bonchev–Trinajstić information content (AvgIpc) is 3.07. The van der Waals surface area contributed by atoms with Crippen LogP contribution in [-0.4, -0.2) is 71.8 Å². The molecule has 1 aliphatic heterocycles. The number of carboxylic acids is 1. The van der Waals surface area contributed by atoms with Crippen LogP contribution in [0.5, 0.6) is 0 Å². The van der Waals surface area contributed by atoms with Gasteiger partial charge in [0, 0.05) is 38.0 Å². The molecule has 2 N–H and O–H groups in total. The molecule has 1 aromatic heterocycles. The molecular weight excluding hydrogens is 352 g/mol. The number of nitrogens with zero attached hydrogens (tertiary/aromatic N) is 3. The van der Waals surface area contributed by atoms with Crippen LogP contribution in [0.2, 0.25) is 0 Å². The van der Waals surface area contributed by atoms with Crippen molar-refractivity contribution in [1.29, 1.82) is 0 Å². The first kappa shape index (κ1) is 20.7. The lowest BCUT2D eigenvalue weighted by molar-refractivity contribution is -0.139. The van der Waals surface area contributed by atoms with Crippen LogP contribution < -0.4 is 5.32 Å². The number of aliphatic carboxylic acids is 1. The first-order valence-electron chi connectivity index (χ1n) is 9.00. The summed E-state index contributed by atoms with van der Waals surface area (Å²) in [6.07, 6.45) is 0.524. The van der Waals surface area contributed by atoms with E-state index in [9.17, 15) is 9.90 Å². The van der Waals surface area contributed by atoms with Gasteiger partial charge in [0.05, 0.1) is 36.3 Å². The van der Waals surface area contributed by atoms with E-state index in [1.807, 2.05) is 17.3 Å². The normalized spacial score (nSPS) is 16.5. The second-order valence-corrected chi connectivity index (χ2v) is 7.80. The molecule has 0 spiro atoms. The van der Waals surface area contributed by atoms with E-state index in [1.54, 1.807) is 11.3 Å². The first-order chi connectivity index (χ1) is 12.4. The summed E-state index contributed by atoms with van der Waals surface area (Å²) in [5.74, 6) is 0.152. The Balaban J connectivity index is 1.83. The molecule has 0 aliphatic carbocycles. The van der Waals surface area contributed by atoms with Gasteiger partial charge in [0.25, 0.3) is 0 Å². The van der Waals surface area contributed by atoms with Crippen LogP contribution >= 0.6 is 11.3 Å². The Kier molecular flexibility index (Phi) is 7.86. The molecule has 1 aliphatic rings. The van der Waals surface area contributed by atoms with Gasteiger partial charge in [0.15, 0.2) is 0 Å². The Hall–Kier alpha value is -1.64. The molecule has 2 heterocycles. The molecule has 26 heavy (non-hydrogen) atoms. The molecular formula is C18H30N4O3S. The molecule has 0 bridgehead atoms. The van der Waals surface area contributed by atoms with Gasteiger partial charge in [-0.15, -0.1) is 11.3 Å². The molecule has 1 saturated heterocycles. The summed E-state index contributed by atoms with van der Waals surface area (Å²) in [7, 11) is 1.89. The second-order valence-electron chi connectivity index (χ2n) is 6.91. The maximum absolute atomic E-state index is 11.6. The molecule has 146 valence electrons. The number of hydrogen-bond donors (Lipinski definition) is 2. The smallest absolute Gasteiger partial charge is 0.326 e. The number of hydrogen-bond acceptors (Lipinski definition) is 7. The standard InChI is InChI=1S/C18H30N4O3S/c1-13(2)17-20-15(12-26-17)11-21(4)14(3)19-16(18(23)24)5-6-22-7-9-25-10-8-22/h12-13,16,19H,3,5-11H2,1-2,4H3,(H,23,24)/t16-/m0/s1.